The maximum Gasteiger partial charge on any atom is 0.335 e. The van der Waals surface area contributed by atoms with E-state index in [2.05, 4.69) is 0 Å². The van der Waals surface area contributed by atoms with Crippen LogP contribution in [0.4, 0.5) is 0 Å². The fourth-order valence-corrected chi connectivity index (χ4v) is 8.99. The molecule has 0 heterocycles. The molecule has 0 unspecified atom stereocenters. The highest BCUT2D eigenvalue weighted by Crippen LogP contribution is 2.59. The van der Waals surface area contributed by atoms with E-state index in [-0.39, 0.29) is 16.7 Å². The van der Waals surface area contributed by atoms with Gasteiger partial charge in [-0.3, -0.25) is 0 Å². The molecule has 0 spiro atoms. The second-order valence-corrected chi connectivity index (χ2v) is 13.8. The van der Waals surface area contributed by atoms with Crippen LogP contribution in [0.15, 0.2) is 18.2 Å². The van der Waals surface area contributed by atoms with Crippen LogP contribution in [0.1, 0.15) is 179 Å². The van der Waals surface area contributed by atoms with Crippen molar-refractivity contribution >= 4 is 17.9 Å². The first kappa shape index (κ1) is 36.1. The molecule has 248 valence electrons. The number of unbranched alkanes of at least 4 members (excludes halogenated alkanes) is 6. The fraction of sp³-hybridized carbons (Fsp3) is 0.757. The summed E-state index contributed by atoms with van der Waals surface area (Å²) in [4.78, 5) is 31.7. The van der Waals surface area contributed by atoms with Crippen molar-refractivity contribution in [1.82, 2.24) is 0 Å². The first-order chi connectivity index (χ1) is 21.3. The van der Waals surface area contributed by atoms with Crippen LogP contribution in [-0.2, 0) is 0 Å². The van der Waals surface area contributed by atoms with Crippen molar-refractivity contribution in [3.8, 4) is 0 Å². The van der Waals surface area contributed by atoms with Crippen molar-refractivity contribution in [2.45, 2.75) is 148 Å². The molecule has 0 atom stereocenters. The Morgan fingerprint density at radius 2 is 0.818 bits per heavy atom. The fourth-order valence-electron chi connectivity index (χ4n) is 8.99. The zero-order valence-electron chi connectivity index (χ0n) is 27.1. The summed E-state index contributed by atoms with van der Waals surface area (Å²) in [7, 11) is 0. The van der Waals surface area contributed by atoms with Crippen LogP contribution >= 0.6 is 0 Å². The van der Waals surface area contributed by atoms with Gasteiger partial charge in [0, 0.05) is 0 Å². The smallest absolute Gasteiger partial charge is 0.335 e. The molecule has 0 aromatic heterocycles. The number of aromatic carboxylic acids is 3. The number of hydrogen-bond donors (Lipinski definition) is 4. The van der Waals surface area contributed by atoms with Crippen molar-refractivity contribution in [2.75, 3.05) is 6.54 Å². The van der Waals surface area contributed by atoms with Gasteiger partial charge in [-0.1, -0.05) is 96.3 Å². The van der Waals surface area contributed by atoms with E-state index in [0.717, 1.165) is 47.9 Å². The number of carboxylic acids is 3. The first-order valence-corrected chi connectivity index (χ1v) is 17.8. The third kappa shape index (κ3) is 10.6. The second kappa shape index (κ2) is 19.2. The van der Waals surface area contributed by atoms with E-state index in [9.17, 15) is 14.4 Å². The van der Waals surface area contributed by atoms with Gasteiger partial charge < -0.3 is 21.1 Å². The minimum atomic E-state index is -1.37. The second-order valence-electron chi connectivity index (χ2n) is 13.8. The van der Waals surface area contributed by atoms with Crippen LogP contribution in [0, 0.1) is 23.2 Å². The molecule has 3 fully saturated rings. The average Bonchev–Trinajstić information content (AvgIpc) is 3.05. The average molecular weight is 614 g/mol. The van der Waals surface area contributed by atoms with E-state index >= 15 is 0 Å². The number of carboxylic acid groups (broad SMARTS) is 3. The van der Waals surface area contributed by atoms with E-state index in [0.29, 0.717) is 0 Å². The van der Waals surface area contributed by atoms with Crippen molar-refractivity contribution in [1.29, 1.82) is 0 Å². The van der Waals surface area contributed by atoms with Crippen molar-refractivity contribution in [3.63, 3.8) is 0 Å². The molecule has 44 heavy (non-hydrogen) atoms. The molecule has 7 heteroatoms. The number of benzene rings is 1. The van der Waals surface area contributed by atoms with Crippen LogP contribution in [0.25, 0.3) is 0 Å². The predicted molar refractivity (Wildman–Crippen MR) is 175 cm³/mol. The summed E-state index contributed by atoms with van der Waals surface area (Å²) in [5.74, 6) is -0.896. The Bertz CT molecular complexity index is 896. The van der Waals surface area contributed by atoms with E-state index in [1.165, 1.54) is 103 Å². The molecule has 5 N–H and O–H groups in total. The zero-order valence-corrected chi connectivity index (χ0v) is 27.1. The minimum absolute atomic E-state index is 0.368. The van der Waals surface area contributed by atoms with Crippen molar-refractivity contribution < 1.29 is 29.7 Å². The number of carbonyl (C=O) groups is 3. The van der Waals surface area contributed by atoms with Crippen LogP contribution in [-0.4, -0.2) is 39.8 Å². The molecule has 3 aliphatic rings. The summed E-state index contributed by atoms with van der Waals surface area (Å²) < 4.78 is 0. The molecule has 0 bridgehead atoms. The SMILES string of the molecule is NCCCCCCCCCC(C1CCCCC1)(C1CCCCC1)C1CCCCC1.O=C(O)c1cc(C(=O)O)cc(C(=O)O)c1. The molecular weight excluding hydrogens is 554 g/mol. The van der Waals surface area contributed by atoms with Gasteiger partial charge in [0.1, 0.15) is 0 Å². The molecule has 0 radical (unpaired) electrons. The quantitative estimate of drug-likeness (QED) is 0.144. The Morgan fingerprint density at radius 1 is 0.523 bits per heavy atom. The number of nitrogens with two attached hydrogens (primary N) is 1. The van der Waals surface area contributed by atoms with Crippen molar-refractivity contribution in [3.05, 3.63) is 34.9 Å². The summed E-state index contributed by atoms with van der Waals surface area (Å²) in [5.41, 5.74) is 5.28. The maximum atomic E-state index is 10.6. The first-order valence-electron chi connectivity index (χ1n) is 17.8. The van der Waals surface area contributed by atoms with Gasteiger partial charge in [0.2, 0.25) is 0 Å². The molecular formula is C37H59NO6. The molecule has 0 aliphatic heterocycles. The van der Waals surface area contributed by atoms with Crippen LogP contribution in [0.2, 0.25) is 0 Å². The molecule has 4 rings (SSSR count). The zero-order chi connectivity index (χ0) is 31.8. The predicted octanol–water partition coefficient (Wildman–Crippen LogP) is 9.57. The standard InChI is InChI=1S/C28H53N.C9H6O6/c29-24-16-5-3-1-2-4-15-23-28(25-17-9-6-10-18-25,26-19-11-7-12-20-26)27-21-13-8-14-22-27;10-7(11)4-1-5(8(12)13)3-6(2-4)9(14)15/h25-27H,1-24,29H2;1-3H,(H,10,11)(H,12,13)(H,14,15). The van der Waals surface area contributed by atoms with Crippen molar-refractivity contribution in [2.24, 2.45) is 28.9 Å². The Labute approximate surface area is 265 Å². The van der Waals surface area contributed by atoms with Gasteiger partial charge in [-0.2, -0.15) is 0 Å². The summed E-state index contributed by atoms with van der Waals surface area (Å²) in [6, 6.07) is 2.70. The molecule has 3 aliphatic carbocycles. The van der Waals surface area contributed by atoms with Crippen LogP contribution in [0.3, 0.4) is 0 Å². The third-order valence-corrected chi connectivity index (χ3v) is 11.1. The van der Waals surface area contributed by atoms with E-state index in [1.54, 1.807) is 44.9 Å². The number of rotatable bonds is 15. The highest BCUT2D eigenvalue weighted by molar-refractivity contribution is 5.98. The van der Waals surface area contributed by atoms with Gasteiger partial charge in [0.15, 0.2) is 0 Å². The molecule has 1 aromatic rings. The Morgan fingerprint density at radius 3 is 1.11 bits per heavy atom. The summed E-state index contributed by atoms with van der Waals surface area (Å²) in [6.45, 7) is 0.882. The minimum Gasteiger partial charge on any atom is -0.478 e. The highest BCUT2D eigenvalue weighted by Gasteiger charge is 2.49. The molecule has 3 saturated carbocycles. The third-order valence-electron chi connectivity index (χ3n) is 11.1. The van der Waals surface area contributed by atoms with Gasteiger partial charge in [0.25, 0.3) is 0 Å². The monoisotopic (exact) mass is 613 g/mol. The molecule has 7 nitrogen and oxygen atoms in total. The van der Waals surface area contributed by atoms with E-state index < -0.39 is 17.9 Å². The number of hydrogen-bond acceptors (Lipinski definition) is 4. The Hall–Kier alpha value is -2.41. The summed E-state index contributed by atoms with van der Waals surface area (Å²) in [5, 5.41) is 25.8. The van der Waals surface area contributed by atoms with Crippen LogP contribution < -0.4 is 5.73 Å². The van der Waals surface area contributed by atoms with Gasteiger partial charge >= 0.3 is 17.9 Å². The molecule has 0 amide bonds. The summed E-state index contributed by atoms with van der Waals surface area (Å²) >= 11 is 0. The van der Waals surface area contributed by atoms with Gasteiger partial charge in [-0.15, -0.1) is 0 Å². The van der Waals surface area contributed by atoms with Gasteiger partial charge in [0.05, 0.1) is 16.7 Å². The lowest BCUT2D eigenvalue weighted by Gasteiger charge is -2.55. The Balaban J connectivity index is 0.000000297. The lowest BCUT2D eigenvalue weighted by atomic mass is 9.50. The van der Waals surface area contributed by atoms with Crippen LogP contribution in [0.5, 0.6) is 0 Å². The molecule has 0 saturated heterocycles. The lowest BCUT2D eigenvalue weighted by Crippen LogP contribution is -2.47. The van der Waals surface area contributed by atoms with E-state index in [1.807, 2.05) is 0 Å². The largest absolute Gasteiger partial charge is 0.478 e. The maximum absolute atomic E-state index is 10.6. The summed E-state index contributed by atoms with van der Waals surface area (Å²) in [6.07, 6.45) is 34.8. The van der Waals surface area contributed by atoms with Gasteiger partial charge in [-0.05, 0) is 99.3 Å². The highest BCUT2D eigenvalue weighted by atomic mass is 16.4. The normalized spacial score (nSPS) is 18.8. The Kier molecular flexibility index (Phi) is 15.7. The van der Waals surface area contributed by atoms with Gasteiger partial charge in [-0.25, -0.2) is 14.4 Å². The van der Waals surface area contributed by atoms with E-state index in [4.69, 9.17) is 21.1 Å². The topological polar surface area (TPSA) is 138 Å². The molecule has 1 aromatic carbocycles. The lowest BCUT2D eigenvalue weighted by molar-refractivity contribution is -0.0571.